The number of unbranched alkanes of at least 4 members (excludes halogenated alkanes) is 1. The number of nitrogens with zero attached hydrogens (tertiary/aromatic N) is 1. The summed E-state index contributed by atoms with van der Waals surface area (Å²) < 4.78 is 5.89. The van der Waals surface area contributed by atoms with E-state index in [1.807, 2.05) is 43.3 Å². The average Bonchev–Trinajstić information content (AvgIpc) is 2.84. The van der Waals surface area contributed by atoms with Crippen molar-refractivity contribution in [1.29, 1.82) is 0 Å². The Labute approximate surface area is 165 Å². The number of aryl methyl sites for hydroxylation is 1. The highest BCUT2D eigenvalue weighted by molar-refractivity contribution is 6.08. The number of carbonyl (C=O) groups excluding carboxylic acids is 2. The van der Waals surface area contributed by atoms with Crippen molar-refractivity contribution < 1.29 is 19.4 Å². The van der Waals surface area contributed by atoms with Crippen LogP contribution in [0.15, 0.2) is 42.5 Å². The molecule has 0 aliphatic carbocycles. The van der Waals surface area contributed by atoms with Crippen molar-refractivity contribution in [3.63, 3.8) is 0 Å². The molecule has 2 aromatic carbocycles. The maximum Gasteiger partial charge on any atom is 0.264 e. The molecule has 0 saturated heterocycles. The summed E-state index contributed by atoms with van der Waals surface area (Å²) in [4.78, 5) is 26.5. The van der Waals surface area contributed by atoms with Gasteiger partial charge < -0.3 is 14.7 Å². The third-order valence-electron chi connectivity index (χ3n) is 5.05. The lowest BCUT2D eigenvalue weighted by atomic mass is 9.89. The summed E-state index contributed by atoms with van der Waals surface area (Å²) in [5.74, 6) is 0.0412. The summed E-state index contributed by atoms with van der Waals surface area (Å²) in [6.45, 7) is 6.29. The minimum absolute atomic E-state index is 0.228. The largest absolute Gasteiger partial charge is 0.493 e. The molecule has 1 aliphatic heterocycles. The van der Waals surface area contributed by atoms with Crippen LogP contribution in [0.4, 0.5) is 5.69 Å². The number of Topliss-reactive ketones (excluding diaryl/α,β-unsaturated/α-hetero) is 1. The fraction of sp³-hybridized carbons (Fsp3) is 0.391. The Bertz CT molecular complexity index is 892. The number of hydrogen-bond donors (Lipinski definition) is 1. The zero-order valence-electron chi connectivity index (χ0n) is 16.7. The predicted molar refractivity (Wildman–Crippen MR) is 108 cm³/mol. The zero-order chi connectivity index (χ0) is 20.3. The highest BCUT2D eigenvalue weighted by Gasteiger charge is 2.50. The molecule has 5 heteroatoms. The summed E-state index contributed by atoms with van der Waals surface area (Å²) in [5, 5.41) is 11.2. The van der Waals surface area contributed by atoms with Gasteiger partial charge in [-0.2, -0.15) is 0 Å². The number of aliphatic hydroxyl groups is 1. The predicted octanol–water partition coefficient (Wildman–Crippen LogP) is 3.89. The third-order valence-corrected chi connectivity index (χ3v) is 5.05. The maximum absolute atomic E-state index is 13.2. The Morgan fingerprint density at radius 1 is 1.21 bits per heavy atom. The Balaban J connectivity index is 1.96. The van der Waals surface area contributed by atoms with Gasteiger partial charge in [-0.25, -0.2) is 0 Å². The first-order valence-electron chi connectivity index (χ1n) is 9.72. The van der Waals surface area contributed by atoms with Crippen molar-refractivity contribution in [3.8, 4) is 5.75 Å². The number of carbonyl (C=O) groups is 2. The van der Waals surface area contributed by atoms with Gasteiger partial charge in [0.2, 0.25) is 0 Å². The number of amides is 1. The van der Waals surface area contributed by atoms with Gasteiger partial charge in [-0.05, 0) is 32.4 Å². The minimum Gasteiger partial charge on any atom is -0.493 e. The number of rotatable bonds is 8. The molecule has 3 rings (SSSR count). The van der Waals surface area contributed by atoms with Crippen molar-refractivity contribution in [2.24, 2.45) is 0 Å². The van der Waals surface area contributed by atoms with Crippen LogP contribution in [0, 0.1) is 6.92 Å². The molecule has 1 unspecified atom stereocenters. The van der Waals surface area contributed by atoms with Crippen LogP contribution in [0.3, 0.4) is 0 Å². The number of ketones is 1. The van der Waals surface area contributed by atoms with Gasteiger partial charge in [-0.1, -0.05) is 49.2 Å². The Morgan fingerprint density at radius 2 is 1.96 bits per heavy atom. The van der Waals surface area contributed by atoms with E-state index in [1.54, 1.807) is 11.0 Å². The first kappa shape index (κ1) is 20.1. The summed E-state index contributed by atoms with van der Waals surface area (Å²) in [5.41, 5.74) is 1.12. The zero-order valence-corrected chi connectivity index (χ0v) is 16.7. The van der Waals surface area contributed by atoms with E-state index in [2.05, 4.69) is 6.92 Å². The van der Waals surface area contributed by atoms with Gasteiger partial charge in [-0.15, -0.1) is 0 Å². The van der Waals surface area contributed by atoms with E-state index in [1.165, 1.54) is 6.92 Å². The van der Waals surface area contributed by atoms with Crippen LogP contribution in [-0.4, -0.2) is 23.4 Å². The number of fused-ring (bicyclic) bond motifs is 1. The Kier molecular flexibility index (Phi) is 5.84. The Morgan fingerprint density at radius 3 is 2.68 bits per heavy atom. The van der Waals surface area contributed by atoms with Gasteiger partial charge in [0.05, 0.1) is 18.8 Å². The van der Waals surface area contributed by atoms with Crippen LogP contribution in [0.2, 0.25) is 0 Å². The molecule has 0 fully saturated rings. The fourth-order valence-corrected chi connectivity index (χ4v) is 3.62. The lowest BCUT2D eigenvalue weighted by Gasteiger charge is -2.23. The molecular weight excluding hydrogens is 354 g/mol. The summed E-state index contributed by atoms with van der Waals surface area (Å²) >= 11 is 0. The first-order valence-corrected chi connectivity index (χ1v) is 9.72. The average molecular weight is 381 g/mol. The van der Waals surface area contributed by atoms with Crippen LogP contribution in [-0.2, 0) is 21.7 Å². The third kappa shape index (κ3) is 3.80. The molecule has 0 radical (unpaired) electrons. The normalized spacial score (nSPS) is 18.3. The quantitative estimate of drug-likeness (QED) is 0.705. The molecule has 0 bridgehead atoms. The summed E-state index contributed by atoms with van der Waals surface area (Å²) in [7, 11) is 0. The molecule has 0 saturated carbocycles. The molecule has 1 amide bonds. The van der Waals surface area contributed by atoms with E-state index >= 15 is 0 Å². The smallest absolute Gasteiger partial charge is 0.264 e. The van der Waals surface area contributed by atoms with Gasteiger partial charge in [-0.3, -0.25) is 9.59 Å². The van der Waals surface area contributed by atoms with Crippen LogP contribution < -0.4 is 9.64 Å². The topological polar surface area (TPSA) is 66.8 Å². The molecule has 1 aliphatic rings. The van der Waals surface area contributed by atoms with Crippen LogP contribution in [0.1, 0.15) is 49.8 Å². The molecule has 0 aromatic heterocycles. The van der Waals surface area contributed by atoms with Crippen molar-refractivity contribution >= 4 is 17.4 Å². The van der Waals surface area contributed by atoms with Gasteiger partial charge in [0.25, 0.3) is 5.91 Å². The van der Waals surface area contributed by atoms with E-state index in [0.29, 0.717) is 17.9 Å². The Hall–Kier alpha value is -2.66. The van der Waals surface area contributed by atoms with Crippen LogP contribution in [0.5, 0.6) is 5.75 Å². The molecule has 1 atom stereocenters. The number of para-hydroxylation sites is 1. The molecular formula is C23H27NO4. The molecule has 28 heavy (non-hydrogen) atoms. The molecule has 1 heterocycles. The van der Waals surface area contributed by atoms with Gasteiger partial charge in [0.1, 0.15) is 11.5 Å². The molecule has 1 N–H and O–H groups in total. The molecule has 5 nitrogen and oxygen atoms in total. The van der Waals surface area contributed by atoms with Gasteiger partial charge in [0.15, 0.2) is 5.60 Å². The first-order chi connectivity index (χ1) is 13.4. The molecule has 0 spiro atoms. The van der Waals surface area contributed by atoms with Crippen LogP contribution >= 0.6 is 0 Å². The van der Waals surface area contributed by atoms with Crippen molar-refractivity contribution in [2.75, 3.05) is 11.5 Å². The van der Waals surface area contributed by atoms with E-state index in [0.717, 1.165) is 29.7 Å². The lowest BCUT2D eigenvalue weighted by molar-refractivity contribution is -0.141. The monoisotopic (exact) mass is 381 g/mol. The second-order valence-corrected chi connectivity index (χ2v) is 7.46. The minimum atomic E-state index is -1.81. The van der Waals surface area contributed by atoms with E-state index < -0.39 is 11.5 Å². The van der Waals surface area contributed by atoms with Crippen molar-refractivity contribution in [3.05, 3.63) is 59.2 Å². The van der Waals surface area contributed by atoms with Gasteiger partial charge >= 0.3 is 0 Å². The molecule has 148 valence electrons. The second-order valence-electron chi connectivity index (χ2n) is 7.46. The van der Waals surface area contributed by atoms with Crippen molar-refractivity contribution in [2.45, 2.75) is 52.2 Å². The number of benzene rings is 2. The summed E-state index contributed by atoms with van der Waals surface area (Å²) in [6.07, 6.45) is 1.77. The number of ether oxygens (including phenoxy) is 1. The van der Waals surface area contributed by atoms with E-state index in [4.69, 9.17) is 4.74 Å². The highest BCUT2D eigenvalue weighted by Crippen LogP contribution is 2.44. The fourth-order valence-electron chi connectivity index (χ4n) is 3.62. The number of anilines is 1. The number of hydrogen-bond acceptors (Lipinski definition) is 4. The SMILES string of the molecule is CCCCOc1ccccc1CN1C(=O)C(O)(CC(C)=O)c2cc(C)ccc21. The lowest BCUT2D eigenvalue weighted by Crippen LogP contribution is -2.41. The van der Waals surface area contributed by atoms with E-state index in [9.17, 15) is 14.7 Å². The molecule has 2 aromatic rings. The van der Waals surface area contributed by atoms with Crippen LogP contribution in [0.25, 0.3) is 0 Å². The van der Waals surface area contributed by atoms with E-state index in [-0.39, 0.29) is 18.7 Å². The van der Waals surface area contributed by atoms with Gasteiger partial charge in [0, 0.05) is 17.5 Å². The maximum atomic E-state index is 13.2. The highest BCUT2D eigenvalue weighted by atomic mass is 16.5. The van der Waals surface area contributed by atoms with Crippen molar-refractivity contribution in [1.82, 2.24) is 0 Å². The standard InChI is InChI=1S/C23H27NO4/c1-4-5-12-28-21-9-7-6-8-18(21)15-24-20-11-10-16(2)13-19(20)23(27,22(24)26)14-17(3)25/h6-11,13,27H,4-5,12,14-15H2,1-3H3. The summed E-state index contributed by atoms with van der Waals surface area (Å²) in [6, 6.07) is 13.2. The second kappa shape index (κ2) is 8.15.